The van der Waals surface area contributed by atoms with Crippen LogP contribution in [-0.2, 0) is 6.54 Å². The number of nitrogens with zero attached hydrogens (tertiary/aromatic N) is 4. The third-order valence-corrected chi connectivity index (χ3v) is 3.94. The molecule has 1 aliphatic heterocycles. The minimum atomic E-state index is 0.743. The van der Waals surface area contributed by atoms with Crippen LogP contribution in [0, 0.1) is 0 Å². The fourth-order valence-corrected chi connectivity index (χ4v) is 2.83. The maximum absolute atomic E-state index is 4.60. The summed E-state index contributed by atoms with van der Waals surface area (Å²) < 4.78 is 2.15. The van der Waals surface area contributed by atoms with E-state index in [-0.39, 0.29) is 0 Å². The van der Waals surface area contributed by atoms with E-state index in [1.807, 2.05) is 43.0 Å². The molecule has 0 amide bonds. The lowest BCUT2D eigenvalue weighted by Gasteiger charge is -2.23. The summed E-state index contributed by atoms with van der Waals surface area (Å²) in [4.78, 5) is 12.7. The van der Waals surface area contributed by atoms with Gasteiger partial charge in [0.25, 0.3) is 0 Å². The molecule has 3 aromatic rings. The van der Waals surface area contributed by atoms with Crippen LogP contribution >= 0.6 is 0 Å². The van der Waals surface area contributed by atoms with Gasteiger partial charge in [0.05, 0.1) is 23.6 Å². The number of fused-ring (bicyclic) bond motifs is 1. The summed E-state index contributed by atoms with van der Waals surface area (Å²) in [5, 5.41) is 3.51. The highest BCUT2D eigenvalue weighted by Crippen LogP contribution is 2.30. The van der Waals surface area contributed by atoms with Gasteiger partial charge in [0, 0.05) is 41.6 Å². The van der Waals surface area contributed by atoms with Crippen LogP contribution in [0.15, 0.2) is 55.4 Å². The standard InChI is InChI=1S/C17H15N5/c1-12-16(13-2-6-18-7-3-13)20-10-15-17(21-11-22(12)15)14-4-8-19-9-5-14/h2-9,11,20H,10H2,1H3. The molecule has 5 heteroatoms. The molecule has 5 nitrogen and oxygen atoms in total. The van der Waals surface area contributed by atoms with E-state index >= 15 is 0 Å². The maximum Gasteiger partial charge on any atom is 0.100 e. The van der Waals surface area contributed by atoms with Crippen molar-refractivity contribution in [3.63, 3.8) is 0 Å². The number of rotatable bonds is 2. The summed E-state index contributed by atoms with van der Waals surface area (Å²) in [7, 11) is 0. The van der Waals surface area contributed by atoms with Crippen molar-refractivity contribution in [2.75, 3.05) is 0 Å². The molecule has 108 valence electrons. The quantitative estimate of drug-likeness (QED) is 0.788. The Hall–Kier alpha value is -2.95. The van der Waals surface area contributed by atoms with Crippen LogP contribution in [-0.4, -0.2) is 19.5 Å². The summed E-state index contributed by atoms with van der Waals surface area (Å²) in [6.45, 7) is 2.84. The van der Waals surface area contributed by atoms with Crippen molar-refractivity contribution >= 4 is 11.4 Å². The zero-order valence-corrected chi connectivity index (χ0v) is 12.2. The van der Waals surface area contributed by atoms with Gasteiger partial charge in [-0.25, -0.2) is 4.98 Å². The van der Waals surface area contributed by atoms with Gasteiger partial charge in [-0.2, -0.15) is 0 Å². The fourth-order valence-electron chi connectivity index (χ4n) is 2.83. The van der Waals surface area contributed by atoms with Crippen LogP contribution in [0.4, 0.5) is 0 Å². The molecule has 0 spiro atoms. The predicted molar refractivity (Wildman–Crippen MR) is 85.3 cm³/mol. The Morgan fingerprint density at radius 2 is 1.59 bits per heavy atom. The Labute approximate surface area is 128 Å². The lowest BCUT2D eigenvalue weighted by atomic mass is 10.1. The van der Waals surface area contributed by atoms with Gasteiger partial charge >= 0.3 is 0 Å². The fraction of sp³-hybridized carbons (Fsp3) is 0.118. The number of pyridine rings is 2. The Morgan fingerprint density at radius 3 is 2.27 bits per heavy atom. The van der Waals surface area contributed by atoms with Crippen molar-refractivity contribution in [1.82, 2.24) is 24.8 Å². The molecule has 1 aliphatic rings. The van der Waals surface area contributed by atoms with E-state index in [1.54, 1.807) is 12.4 Å². The first kappa shape index (κ1) is 12.8. The van der Waals surface area contributed by atoms with E-state index in [4.69, 9.17) is 0 Å². The van der Waals surface area contributed by atoms with E-state index in [1.165, 1.54) is 5.69 Å². The highest BCUT2D eigenvalue weighted by atomic mass is 15.1. The van der Waals surface area contributed by atoms with Crippen LogP contribution in [0.25, 0.3) is 22.7 Å². The van der Waals surface area contributed by atoms with Crippen LogP contribution < -0.4 is 5.32 Å². The van der Waals surface area contributed by atoms with Crippen molar-refractivity contribution in [2.24, 2.45) is 0 Å². The second-order valence-corrected chi connectivity index (χ2v) is 5.20. The summed E-state index contributed by atoms with van der Waals surface area (Å²) in [6, 6.07) is 8.00. The maximum atomic E-state index is 4.60. The summed E-state index contributed by atoms with van der Waals surface area (Å²) in [5.41, 5.74) is 6.65. The first-order valence-electron chi connectivity index (χ1n) is 7.17. The molecule has 0 atom stereocenters. The van der Waals surface area contributed by atoms with Crippen LogP contribution in [0.3, 0.4) is 0 Å². The van der Waals surface area contributed by atoms with Crippen molar-refractivity contribution in [3.8, 4) is 11.3 Å². The third kappa shape index (κ3) is 1.98. The summed E-state index contributed by atoms with van der Waals surface area (Å²) in [6.07, 6.45) is 9.10. The van der Waals surface area contributed by atoms with Gasteiger partial charge in [0.1, 0.15) is 6.33 Å². The average molecular weight is 289 g/mol. The van der Waals surface area contributed by atoms with Crippen molar-refractivity contribution in [2.45, 2.75) is 13.5 Å². The molecule has 4 heterocycles. The van der Waals surface area contributed by atoms with E-state index in [9.17, 15) is 0 Å². The van der Waals surface area contributed by atoms with Crippen LogP contribution in [0.2, 0.25) is 0 Å². The molecule has 0 unspecified atom stereocenters. The second-order valence-electron chi connectivity index (χ2n) is 5.20. The number of nitrogens with one attached hydrogen (secondary N) is 1. The topological polar surface area (TPSA) is 55.6 Å². The van der Waals surface area contributed by atoms with E-state index in [0.29, 0.717) is 0 Å². The summed E-state index contributed by atoms with van der Waals surface area (Å²) in [5.74, 6) is 0. The van der Waals surface area contributed by atoms with Gasteiger partial charge in [-0.05, 0) is 31.2 Å². The predicted octanol–water partition coefficient (Wildman–Crippen LogP) is 2.79. The molecule has 0 bridgehead atoms. The molecule has 4 rings (SSSR count). The highest BCUT2D eigenvalue weighted by molar-refractivity contribution is 5.83. The van der Waals surface area contributed by atoms with Gasteiger partial charge in [-0.1, -0.05) is 0 Å². The average Bonchev–Trinajstić information content (AvgIpc) is 3.02. The molecule has 0 saturated heterocycles. The number of allylic oxidation sites excluding steroid dienone is 1. The lowest BCUT2D eigenvalue weighted by molar-refractivity contribution is 0.790. The van der Waals surface area contributed by atoms with Crippen molar-refractivity contribution in [3.05, 3.63) is 66.6 Å². The Bertz CT molecular complexity index is 834. The number of hydrogen-bond acceptors (Lipinski definition) is 4. The van der Waals surface area contributed by atoms with E-state index < -0.39 is 0 Å². The van der Waals surface area contributed by atoms with Gasteiger partial charge in [0.15, 0.2) is 0 Å². The molecule has 1 N–H and O–H groups in total. The van der Waals surface area contributed by atoms with Gasteiger partial charge < -0.3 is 9.88 Å². The van der Waals surface area contributed by atoms with Crippen molar-refractivity contribution in [1.29, 1.82) is 0 Å². The lowest BCUT2D eigenvalue weighted by Crippen LogP contribution is -2.22. The molecule has 0 radical (unpaired) electrons. The molecular formula is C17H15N5. The molecule has 3 aromatic heterocycles. The zero-order chi connectivity index (χ0) is 14.9. The highest BCUT2D eigenvalue weighted by Gasteiger charge is 2.20. The Morgan fingerprint density at radius 1 is 0.955 bits per heavy atom. The summed E-state index contributed by atoms with van der Waals surface area (Å²) >= 11 is 0. The van der Waals surface area contributed by atoms with Gasteiger partial charge in [-0.15, -0.1) is 0 Å². The molecule has 0 aliphatic carbocycles. The van der Waals surface area contributed by atoms with Crippen molar-refractivity contribution < 1.29 is 0 Å². The number of aromatic nitrogens is 4. The SMILES string of the molecule is CC1=C(c2ccncc2)NCc2c(-c3ccncc3)ncn21. The smallest absolute Gasteiger partial charge is 0.100 e. The Kier molecular flexibility index (Phi) is 2.96. The zero-order valence-electron chi connectivity index (χ0n) is 12.2. The third-order valence-electron chi connectivity index (χ3n) is 3.94. The largest absolute Gasteiger partial charge is 0.377 e. The number of hydrogen-bond donors (Lipinski definition) is 1. The molecule has 0 fully saturated rings. The van der Waals surface area contributed by atoms with Crippen LogP contribution in [0.5, 0.6) is 0 Å². The van der Waals surface area contributed by atoms with E-state index in [2.05, 4.69) is 31.8 Å². The van der Waals surface area contributed by atoms with Crippen LogP contribution in [0.1, 0.15) is 18.2 Å². The Balaban J connectivity index is 1.82. The molecule has 22 heavy (non-hydrogen) atoms. The monoisotopic (exact) mass is 289 g/mol. The first-order chi connectivity index (χ1) is 10.8. The minimum Gasteiger partial charge on any atom is -0.377 e. The van der Waals surface area contributed by atoms with Gasteiger partial charge in [-0.3, -0.25) is 9.97 Å². The second kappa shape index (κ2) is 5.11. The van der Waals surface area contributed by atoms with E-state index in [0.717, 1.165) is 34.8 Å². The number of imidazole rings is 1. The minimum absolute atomic E-state index is 0.743. The molecule has 0 saturated carbocycles. The van der Waals surface area contributed by atoms with Gasteiger partial charge in [0.2, 0.25) is 0 Å². The normalized spacial score (nSPS) is 13.7. The molecular weight excluding hydrogens is 274 g/mol. The molecule has 0 aromatic carbocycles. The first-order valence-corrected chi connectivity index (χ1v) is 7.17.